The summed E-state index contributed by atoms with van der Waals surface area (Å²) in [6.07, 6.45) is 5.35. The molecule has 1 heterocycles. The molecule has 0 saturated heterocycles. The van der Waals surface area contributed by atoms with Gasteiger partial charge in [-0.2, -0.15) is 0 Å². The average Bonchev–Trinajstić information content (AvgIpc) is 3.37. The molecule has 118 valence electrons. The molecule has 23 heavy (non-hydrogen) atoms. The zero-order valence-electron chi connectivity index (χ0n) is 12.4. The van der Waals surface area contributed by atoms with Gasteiger partial charge in [-0.1, -0.05) is 6.07 Å². The Labute approximate surface area is 132 Å². The number of anilines is 1. The van der Waals surface area contributed by atoms with Crippen LogP contribution in [0.25, 0.3) is 0 Å². The monoisotopic (exact) mass is 312 g/mol. The van der Waals surface area contributed by atoms with Crippen molar-refractivity contribution < 1.29 is 9.72 Å². The quantitative estimate of drug-likeness (QED) is 0.631. The lowest BCUT2D eigenvalue weighted by Crippen LogP contribution is -2.23. The largest absolute Gasteiger partial charge is 0.377 e. The van der Waals surface area contributed by atoms with Crippen molar-refractivity contribution in [3.05, 3.63) is 64.0 Å². The number of pyridine rings is 1. The summed E-state index contributed by atoms with van der Waals surface area (Å²) in [5.74, 6) is -0.352. The number of hydrogen-bond acceptors (Lipinski definition) is 5. The fraction of sp³-hybridized carbons (Fsp3) is 0.250. The highest BCUT2D eigenvalue weighted by molar-refractivity contribution is 5.95. The Kier molecular flexibility index (Phi) is 4.18. The second-order valence-electron chi connectivity index (χ2n) is 5.45. The molecule has 1 aliphatic carbocycles. The lowest BCUT2D eigenvalue weighted by atomic mass is 10.1. The van der Waals surface area contributed by atoms with Gasteiger partial charge in [-0.05, 0) is 36.6 Å². The van der Waals surface area contributed by atoms with Gasteiger partial charge in [0.2, 0.25) is 0 Å². The SMILES string of the molecule is O=C(NCc1cccnc1)c1ccc(NC2CC2)c([N+](=O)[O-])c1. The standard InChI is InChI=1S/C16H16N4O3/c21-16(18-10-11-2-1-7-17-9-11)12-3-6-14(19-13-4-5-13)15(8-12)20(22)23/h1-3,6-9,13,19H,4-5,10H2,(H,18,21). The van der Waals surface area contributed by atoms with Crippen LogP contribution in [0.15, 0.2) is 42.7 Å². The van der Waals surface area contributed by atoms with Crippen LogP contribution in [0.1, 0.15) is 28.8 Å². The minimum atomic E-state index is -0.470. The topological polar surface area (TPSA) is 97.2 Å². The van der Waals surface area contributed by atoms with Crippen LogP contribution in [0.4, 0.5) is 11.4 Å². The van der Waals surface area contributed by atoms with Gasteiger partial charge in [0.05, 0.1) is 4.92 Å². The molecular weight excluding hydrogens is 296 g/mol. The number of carbonyl (C=O) groups excluding carboxylic acids is 1. The Hall–Kier alpha value is -2.96. The molecule has 2 N–H and O–H groups in total. The summed E-state index contributed by atoms with van der Waals surface area (Å²) in [6.45, 7) is 0.322. The predicted molar refractivity (Wildman–Crippen MR) is 85.1 cm³/mol. The summed E-state index contributed by atoms with van der Waals surface area (Å²) in [7, 11) is 0. The first-order valence-corrected chi connectivity index (χ1v) is 7.35. The first-order chi connectivity index (χ1) is 11.1. The first-order valence-electron chi connectivity index (χ1n) is 7.35. The minimum absolute atomic E-state index is 0.0778. The number of benzene rings is 1. The van der Waals surface area contributed by atoms with E-state index in [1.807, 2.05) is 6.07 Å². The van der Waals surface area contributed by atoms with Crippen molar-refractivity contribution in [3.8, 4) is 0 Å². The maximum Gasteiger partial charge on any atom is 0.293 e. The average molecular weight is 312 g/mol. The molecule has 1 fully saturated rings. The molecule has 1 aromatic heterocycles. The van der Waals surface area contributed by atoms with Crippen molar-refractivity contribution in [2.24, 2.45) is 0 Å². The molecule has 0 radical (unpaired) electrons. The van der Waals surface area contributed by atoms with Gasteiger partial charge in [0.15, 0.2) is 0 Å². The summed E-state index contributed by atoms with van der Waals surface area (Å²) in [5.41, 5.74) is 1.51. The number of amides is 1. The Morgan fingerprint density at radius 1 is 1.35 bits per heavy atom. The molecule has 7 heteroatoms. The van der Waals surface area contributed by atoms with Gasteiger partial charge in [0.1, 0.15) is 5.69 Å². The molecule has 1 aliphatic rings. The molecule has 7 nitrogen and oxygen atoms in total. The maximum absolute atomic E-state index is 12.2. The molecule has 2 aromatic rings. The van der Waals surface area contributed by atoms with Crippen LogP contribution < -0.4 is 10.6 Å². The van der Waals surface area contributed by atoms with Crippen LogP contribution in [0.3, 0.4) is 0 Å². The van der Waals surface area contributed by atoms with E-state index in [4.69, 9.17) is 0 Å². The fourth-order valence-corrected chi connectivity index (χ4v) is 2.18. The predicted octanol–water partition coefficient (Wildman–Crippen LogP) is 2.49. The number of nitrogens with one attached hydrogen (secondary N) is 2. The summed E-state index contributed by atoms with van der Waals surface area (Å²) in [4.78, 5) is 26.9. The van der Waals surface area contributed by atoms with Crippen LogP contribution in [0.5, 0.6) is 0 Å². The van der Waals surface area contributed by atoms with Crippen LogP contribution in [0, 0.1) is 10.1 Å². The lowest BCUT2D eigenvalue weighted by Gasteiger charge is -2.08. The van der Waals surface area contributed by atoms with Gasteiger partial charge in [-0.3, -0.25) is 19.9 Å². The second-order valence-corrected chi connectivity index (χ2v) is 5.45. The number of nitro groups is 1. The summed E-state index contributed by atoms with van der Waals surface area (Å²) < 4.78 is 0. The van der Waals surface area contributed by atoms with Gasteiger partial charge >= 0.3 is 0 Å². The van der Waals surface area contributed by atoms with E-state index in [9.17, 15) is 14.9 Å². The van der Waals surface area contributed by atoms with E-state index < -0.39 is 4.92 Å². The number of aromatic nitrogens is 1. The van der Waals surface area contributed by atoms with Crippen LogP contribution in [-0.4, -0.2) is 21.9 Å². The number of hydrogen-bond donors (Lipinski definition) is 2. The molecule has 3 rings (SSSR count). The molecule has 1 aromatic carbocycles. The molecule has 1 saturated carbocycles. The van der Waals surface area contributed by atoms with Crippen molar-refractivity contribution in [3.63, 3.8) is 0 Å². The number of rotatable bonds is 6. The highest BCUT2D eigenvalue weighted by atomic mass is 16.6. The summed E-state index contributed by atoms with van der Waals surface area (Å²) >= 11 is 0. The molecular formula is C16H16N4O3. The lowest BCUT2D eigenvalue weighted by molar-refractivity contribution is -0.384. The number of nitro benzene ring substituents is 1. The van der Waals surface area contributed by atoms with Gasteiger partial charge in [0.25, 0.3) is 11.6 Å². The zero-order valence-corrected chi connectivity index (χ0v) is 12.4. The van der Waals surface area contributed by atoms with E-state index in [2.05, 4.69) is 15.6 Å². The molecule has 0 unspecified atom stereocenters. The second kappa shape index (κ2) is 6.43. The van der Waals surface area contributed by atoms with E-state index in [0.717, 1.165) is 18.4 Å². The molecule has 0 aliphatic heterocycles. The Morgan fingerprint density at radius 3 is 2.83 bits per heavy atom. The summed E-state index contributed by atoms with van der Waals surface area (Å²) in [6, 6.07) is 8.43. The van der Waals surface area contributed by atoms with E-state index in [1.165, 1.54) is 6.07 Å². The van der Waals surface area contributed by atoms with E-state index in [-0.39, 0.29) is 17.2 Å². The third kappa shape index (κ3) is 3.82. The van der Waals surface area contributed by atoms with E-state index >= 15 is 0 Å². The van der Waals surface area contributed by atoms with E-state index in [1.54, 1.807) is 30.6 Å². The third-order valence-corrected chi connectivity index (χ3v) is 3.57. The Bertz CT molecular complexity index is 729. The van der Waals surface area contributed by atoms with Crippen LogP contribution >= 0.6 is 0 Å². The van der Waals surface area contributed by atoms with E-state index in [0.29, 0.717) is 18.3 Å². The van der Waals surface area contributed by atoms with Gasteiger partial charge < -0.3 is 10.6 Å². The Balaban J connectivity index is 1.72. The summed E-state index contributed by atoms with van der Waals surface area (Å²) in [5, 5.41) is 17.0. The smallest absolute Gasteiger partial charge is 0.293 e. The van der Waals surface area contributed by atoms with Crippen molar-refractivity contribution in [2.45, 2.75) is 25.4 Å². The number of nitrogens with zero attached hydrogens (tertiary/aromatic N) is 2. The molecule has 1 amide bonds. The molecule has 0 spiro atoms. The van der Waals surface area contributed by atoms with Crippen molar-refractivity contribution in [2.75, 3.05) is 5.32 Å². The van der Waals surface area contributed by atoms with Crippen LogP contribution in [-0.2, 0) is 6.54 Å². The molecule has 0 bridgehead atoms. The third-order valence-electron chi connectivity index (χ3n) is 3.57. The van der Waals surface area contributed by atoms with Crippen molar-refractivity contribution in [1.82, 2.24) is 10.3 Å². The zero-order chi connectivity index (χ0) is 16.2. The van der Waals surface area contributed by atoms with Gasteiger partial charge in [-0.25, -0.2) is 0 Å². The Morgan fingerprint density at radius 2 is 2.17 bits per heavy atom. The highest BCUT2D eigenvalue weighted by Crippen LogP contribution is 2.31. The molecule has 0 atom stereocenters. The first kappa shape index (κ1) is 15.0. The van der Waals surface area contributed by atoms with Gasteiger partial charge in [-0.15, -0.1) is 0 Å². The van der Waals surface area contributed by atoms with Gasteiger partial charge in [0, 0.05) is 36.6 Å². The number of carbonyl (C=O) groups is 1. The minimum Gasteiger partial charge on any atom is -0.377 e. The highest BCUT2D eigenvalue weighted by Gasteiger charge is 2.25. The van der Waals surface area contributed by atoms with Crippen molar-refractivity contribution >= 4 is 17.3 Å². The normalized spacial score (nSPS) is 13.4. The van der Waals surface area contributed by atoms with Crippen molar-refractivity contribution in [1.29, 1.82) is 0 Å². The van der Waals surface area contributed by atoms with Crippen LogP contribution in [0.2, 0.25) is 0 Å². The maximum atomic E-state index is 12.2. The fourth-order valence-electron chi connectivity index (χ4n) is 2.18.